The summed E-state index contributed by atoms with van der Waals surface area (Å²) < 4.78 is 4.86. The van der Waals surface area contributed by atoms with Gasteiger partial charge in [-0.05, 0) is 12.8 Å². The summed E-state index contributed by atoms with van der Waals surface area (Å²) in [4.78, 5) is 24.8. The van der Waals surface area contributed by atoms with Crippen molar-refractivity contribution in [3.8, 4) is 0 Å². The first-order valence-electron chi connectivity index (χ1n) is 5.47. The molecule has 0 radical (unpaired) electrons. The molecule has 0 aliphatic carbocycles. The van der Waals surface area contributed by atoms with Crippen molar-refractivity contribution >= 4 is 11.8 Å². The van der Waals surface area contributed by atoms with Gasteiger partial charge in [-0.3, -0.25) is 9.59 Å². The van der Waals surface area contributed by atoms with Crippen molar-refractivity contribution in [1.82, 2.24) is 10.2 Å². The third-order valence-corrected chi connectivity index (χ3v) is 2.66. The molecule has 0 bridgehead atoms. The largest absolute Gasteiger partial charge is 0.370 e. The van der Waals surface area contributed by atoms with Gasteiger partial charge in [0.2, 0.25) is 5.91 Å². The molecule has 1 atom stereocenters. The van der Waals surface area contributed by atoms with E-state index >= 15 is 0 Å². The average Bonchev–Trinajstić information content (AvgIpc) is 2.81. The van der Waals surface area contributed by atoms with Crippen molar-refractivity contribution in [2.45, 2.75) is 18.9 Å². The molecular weight excluding hydrogens is 210 g/mol. The number of hydrogen-bond acceptors (Lipinski definition) is 4. The second-order valence-corrected chi connectivity index (χ2v) is 3.77. The molecule has 1 fully saturated rings. The van der Waals surface area contributed by atoms with E-state index in [9.17, 15) is 9.59 Å². The fourth-order valence-electron chi connectivity index (χ4n) is 1.67. The molecule has 0 aromatic heterocycles. The van der Waals surface area contributed by atoms with Crippen molar-refractivity contribution in [1.29, 1.82) is 0 Å². The first kappa shape index (κ1) is 12.9. The van der Waals surface area contributed by atoms with Crippen molar-refractivity contribution < 1.29 is 14.3 Å². The topological polar surface area (TPSA) is 84.7 Å². The molecule has 1 heterocycles. The molecule has 16 heavy (non-hydrogen) atoms. The van der Waals surface area contributed by atoms with Crippen molar-refractivity contribution in [2.75, 3.05) is 33.3 Å². The molecule has 0 aromatic carbocycles. The Morgan fingerprint density at radius 2 is 2.06 bits per heavy atom. The first-order chi connectivity index (χ1) is 7.69. The molecule has 1 rings (SSSR count). The first-order valence-corrected chi connectivity index (χ1v) is 5.47. The van der Waals surface area contributed by atoms with Crippen LogP contribution in [0.4, 0.5) is 0 Å². The minimum Gasteiger partial charge on any atom is -0.370 e. The van der Waals surface area contributed by atoms with Crippen LogP contribution in [0.3, 0.4) is 0 Å². The normalized spacial score (nSPS) is 17.2. The summed E-state index contributed by atoms with van der Waals surface area (Å²) in [6.45, 7) is 1.72. The van der Waals surface area contributed by atoms with Crippen LogP contribution in [0.2, 0.25) is 0 Å². The molecule has 6 heteroatoms. The summed E-state index contributed by atoms with van der Waals surface area (Å²) in [5, 5.41) is 2.53. The lowest BCUT2D eigenvalue weighted by Crippen LogP contribution is -2.45. The number of carbonyl (C=O) groups is 2. The van der Waals surface area contributed by atoms with E-state index in [4.69, 9.17) is 10.5 Å². The van der Waals surface area contributed by atoms with Crippen molar-refractivity contribution in [2.24, 2.45) is 5.73 Å². The Balaban J connectivity index is 2.27. The smallest absolute Gasteiger partial charge is 0.250 e. The van der Waals surface area contributed by atoms with Crippen LogP contribution < -0.4 is 11.1 Å². The summed E-state index contributed by atoms with van der Waals surface area (Å²) in [5.74, 6) is -0.379. The highest BCUT2D eigenvalue weighted by molar-refractivity contribution is 5.87. The number of amides is 2. The van der Waals surface area contributed by atoms with Gasteiger partial charge in [0, 0.05) is 26.7 Å². The minimum atomic E-state index is -0.675. The van der Waals surface area contributed by atoms with Gasteiger partial charge in [0.25, 0.3) is 5.91 Å². The zero-order chi connectivity index (χ0) is 12.0. The monoisotopic (exact) mass is 229 g/mol. The summed E-state index contributed by atoms with van der Waals surface area (Å²) in [5.41, 5.74) is 5.33. The molecule has 2 amide bonds. The van der Waals surface area contributed by atoms with Crippen LogP contribution in [-0.4, -0.2) is 56.1 Å². The van der Waals surface area contributed by atoms with Crippen LogP contribution in [0, 0.1) is 0 Å². The van der Waals surface area contributed by atoms with E-state index in [0.717, 1.165) is 25.9 Å². The number of likely N-dealkylation sites (tertiary alicyclic amines) is 1. The fraction of sp³-hybridized carbons (Fsp3) is 0.800. The number of nitrogens with two attached hydrogens (primary N) is 1. The zero-order valence-corrected chi connectivity index (χ0v) is 9.57. The number of rotatable bonds is 5. The second kappa shape index (κ2) is 6.44. The molecule has 3 N–H and O–H groups in total. The summed E-state index contributed by atoms with van der Waals surface area (Å²) in [6.07, 6.45) is 1.41. The minimum absolute atomic E-state index is 0.0265. The molecule has 1 aliphatic rings. The van der Waals surface area contributed by atoms with Crippen LogP contribution >= 0.6 is 0 Å². The van der Waals surface area contributed by atoms with Gasteiger partial charge in [-0.2, -0.15) is 0 Å². The highest BCUT2D eigenvalue weighted by Crippen LogP contribution is 2.06. The third kappa shape index (κ3) is 3.46. The zero-order valence-electron chi connectivity index (χ0n) is 9.57. The van der Waals surface area contributed by atoms with Gasteiger partial charge in [-0.15, -0.1) is 0 Å². The molecule has 0 spiro atoms. The number of carbonyl (C=O) groups excluding carboxylic acids is 2. The summed E-state index contributed by atoms with van der Waals surface area (Å²) in [6, 6.07) is 0. The number of ether oxygens (including phenoxy) is 1. The van der Waals surface area contributed by atoms with Gasteiger partial charge in [-0.25, -0.2) is 0 Å². The van der Waals surface area contributed by atoms with E-state index in [1.807, 2.05) is 0 Å². The molecular formula is C10H19N3O3. The quantitative estimate of drug-likeness (QED) is 0.613. The van der Waals surface area contributed by atoms with Gasteiger partial charge in [0.1, 0.15) is 6.10 Å². The SMILES string of the molecule is COC(CN)C(=O)NCC(=O)N1CCCC1. The maximum atomic E-state index is 11.6. The molecule has 92 valence electrons. The van der Waals surface area contributed by atoms with Crippen LogP contribution in [0.25, 0.3) is 0 Å². The number of hydrogen-bond donors (Lipinski definition) is 2. The van der Waals surface area contributed by atoms with E-state index in [1.165, 1.54) is 7.11 Å². The lowest BCUT2D eigenvalue weighted by atomic mass is 10.3. The Morgan fingerprint density at radius 1 is 1.44 bits per heavy atom. The molecule has 1 saturated heterocycles. The van der Waals surface area contributed by atoms with Gasteiger partial charge in [-0.1, -0.05) is 0 Å². The van der Waals surface area contributed by atoms with Crippen LogP contribution in [0.1, 0.15) is 12.8 Å². The molecule has 1 aliphatic heterocycles. The number of methoxy groups -OCH3 is 1. The van der Waals surface area contributed by atoms with E-state index in [-0.39, 0.29) is 24.9 Å². The predicted octanol–water partition coefficient (Wildman–Crippen LogP) is -1.30. The number of nitrogens with one attached hydrogen (secondary N) is 1. The molecule has 1 unspecified atom stereocenters. The maximum absolute atomic E-state index is 11.6. The van der Waals surface area contributed by atoms with Gasteiger partial charge < -0.3 is 20.7 Å². The second-order valence-electron chi connectivity index (χ2n) is 3.77. The Kier molecular flexibility index (Phi) is 5.21. The van der Waals surface area contributed by atoms with Gasteiger partial charge >= 0.3 is 0 Å². The van der Waals surface area contributed by atoms with Crippen LogP contribution in [0.5, 0.6) is 0 Å². The lowest BCUT2D eigenvalue weighted by molar-refractivity contribution is -0.135. The van der Waals surface area contributed by atoms with Crippen molar-refractivity contribution in [3.63, 3.8) is 0 Å². The highest BCUT2D eigenvalue weighted by atomic mass is 16.5. The van der Waals surface area contributed by atoms with Crippen LogP contribution in [0.15, 0.2) is 0 Å². The Morgan fingerprint density at radius 3 is 2.56 bits per heavy atom. The number of nitrogens with zero attached hydrogens (tertiary/aromatic N) is 1. The maximum Gasteiger partial charge on any atom is 0.250 e. The Labute approximate surface area is 95.1 Å². The standard InChI is InChI=1S/C10H19N3O3/c1-16-8(6-11)10(15)12-7-9(14)13-4-2-3-5-13/h8H,2-7,11H2,1H3,(H,12,15). The molecule has 0 saturated carbocycles. The molecule has 0 aromatic rings. The average molecular weight is 229 g/mol. The van der Waals surface area contributed by atoms with E-state index < -0.39 is 6.10 Å². The fourth-order valence-corrected chi connectivity index (χ4v) is 1.67. The Bertz CT molecular complexity index is 234. The Hall–Kier alpha value is -1.14. The summed E-state index contributed by atoms with van der Waals surface area (Å²) in [7, 11) is 1.42. The van der Waals surface area contributed by atoms with E-state index in [2.05, 4.69) is 5.32 Å². The van der Waals surface area contributed by atoms with Gasteiger partial charge in [0.15, 0.2) is 0 Å². The summed E-state index contributed by atoms with van der Waals surface area (Å²) >= 11 is 0. The van der Waals surface area contributed by atoms with Gasteiger partial charge in [0.05, 0.1) is 6.54 Å². The molecule has 6 nitrogen and oxygen atoms in total. The third-order valence-electron chi connectivity index (χ3n) is 2.66. The van der Waals surface area contributed by atoms with E-state index in [1.54, 1.807) is 4.90 Å². The predicted molar refractivity (Wildman–Crippen MR) is 58.7 cm³/mol. The van der Waals surface area contributed by atoms with Crippen LogP contribution in [-0.2, 0) is 14.3 Å². The lowest BCUT2D eigenvalue weighted by Gasteiger charge is -2.17. The highest BCUT2D eigenvalue weighted by Gasteiger charge is 2.20. The van der Waals surface area contributed by atoms with E-state index in [0.29, 0.717) is 0 Å². The van der Waals surface area contributed by atoms with Crippen molar-refractivity contribution in [3.05, 3.63) is 0 Å².